The molecule has 2 aromatic rings. The second-order valence-electron chi connectivity index (χ2n) is 4.14. The maximum atomic E-state index is 12.4. The third-order valence-electron chi connectivity index (χ3n) is 2.75. The van der Waals surface area contributed by atoms with Crippen LogP contribution < -0.4 is 4.74 Å². The zero-order valence-electron chi connectivity index (χ0n) is 10.7. The molecule has 0 radical (unpaired) electrons. The molecule has 1 aromatic heterocycles. The van der Waals surface area contributed by atoms with E-state index < -0.39 is 0 Å². The van der Waals surface area contributed by atoms with Crippen LogP contribution in [0.15, 0.2) is 39.5 Å². The van der Waals surface area contributed by atoms with Crippen LogP contribution in [0.25, 0.3) is 0 Å². The number of benzene rings is 1. The summed E-state index contributed by atoms with van der Waals surface area (Å²) in [4.78, 5) is 14.1. The molecule has 0 atom stereocenters. The van der Waals surface area contributed by atoms with Crippen molar-refractivity contribution in [2.24, 2.45) is 0 Å². The molecular formula is C14H14BrNO2S. The van der Waals surface area contributed by atoms with Crippen molar-refractivity contribution in [3.8, 4) is 5.75 Å². The molecule has 0 N–H and O–H groups in total. The minimum atomic E-state index is -0.0306. The average Bonchev–Trinajstić information content (AvgIpc) is 2.91. The van der Waals surface area contributed by atoms with E-state index in [1.165, 1.54) is 0 Å². The van der Waals surface area contributed by atoms with Gasteiger partial charge in [0.15, 0.2) is 0 Å². The van der Waals surface area contributed by atoms with Crippen molar-refractivity contribution in [1.29, 1.82) is 0 Å². The lowest BCUT2D eigenvalue weighted by molar-refractivity contribution is 0.0784. The highest BCUT2D eigenvalue weighted by Gasteiger charge is 2.16. The van der Waals surface area contributed by atoms with E-state index in [2.05, 4.69) is 15.9 Å². The van der Waals surface area contributed by atoms with E-state index in [1.807, 2.05) is 29.0 Å². The molecule has 19 heavy (non-hydrogen) atoms. The van der Waals surface area contributed by atoms with Gasteiger partial charge in [-0.3, -0.25) is 4.79 Å². The van der Waals surface area contributed by atoms with Crippen LogP contribution in [0.1, 0.15) is 15.9 Å². The zero-order valence-corrected chi connectivity index (χ0v) is 13.1. The number of carbonyl (C=O) groups is 1. The quantitative estimate of drug-likeness (QED) is 0.847. The molecule has 0 aliphatic carbocycles. The molecule has 5 heteroatoms. The molecule has 1 amide bonds. The lowest BCUT2D eigenvalue weighted by Crippen LogP contribution is -2.26. The minimum Gasteiger partial charge on any atom is -0.497 e. The Morgan fingerprint density at radius 2 is 2.21 bits per heavy atom. The van der Waals surface area contributed by atoms with Gasteiger partial charge in [-0.1, -0.05) is 0 Å². The smallest absolute Gasteiger partial charge is 0.255 e. The summed E-state index contributed by atoms with van der Waals surface area (Å²) in [7, 11) is 3.39. The number of amides is 1. The third-order valence-corrected chi connectivity index (χ3v) is 4.17. The highest BCUT2D eigenvalue weighted by atomic mass is 79.9. The van der Waals surface area contributed by atoms with E-state index in [1.54, 1.807) is 36.5 Å². The molecule has 0 saturated carbocycles. The van der Waals surface area contributed by atoms with E-state index in [0.717, 1.165) is 10.0 Å². The van der Waals surface area contributed by atoms with Crippen LogP contribution in [0.2, 0.25) is 0 Å². The molecular weight excluding hydrogens is 326 g/mol. The SMILES string of the molecule is COc1ccc(Br)c(C(=O)N(C)Cc2ccsc2)c1. The number of methoxy groups -OCH3 is 1. The van der Waals surface area contributed by atoms with Crippen LogP contribution >= 0.6 is 27.3 Å². The maximum Gasteiger partial charge on any atom is 0.255 e. The van der Waals surface area contributed by atoms with Gasteiger partial charge in [0.05, 0.1) is 12.7 Å². The van der Waals surface area contributed by atoms with E-state index >= 15 is 0 Å². The first-order valence-corrected chi connectivity index (χ1v) is 7.45. The second-order valence-corrected chi connectivity index (χ2v) is 5.77. The Morgan fingerprint density at radius 3 is 2.84 bits per heavy atom. The van der Waals surface area contributed by atoms with Crippen molar-refractivity contribution < 1.29 is 9.53 Å². The zero-order chi connectivity index (χ0) is 13.8. The van der Waals surface area contributed by atoms with Crippen molar-refractivity contribution in [2.75, 3.05) is 14.2 Å². The van der Waals surface area contributed by atoms with Crippen LogP contribution in [-0.2, 0) is 6.54 Å². The lowest BCUT2D eigenvalue weighted by atomic mass is 10.2. The number of carbonyl (C=O) groups excluding carboxylic acids is 1. The molecule has 0 fully saturated rings. The summed E-state index contributed by atoms with van der Waals surface area (Å²) in [6.45, 7) is 0.603. The molecule has 0 saturated heterocycles. The molecule has 1 aromatic carbocycles. The summed E-state index contributed by atoms with van der Waals surface area (Å²) in [6.07, 6.45) is 0. The number of nitrogens with zero attached hydrogens (tertiary/aromatic N) is 1. The Morgan fingerprint density at radius 1 is 1.42 bits per heavy atom. The number of hydrogen-bond acceptors (Lipinski definition) is 3. The number of halogens is 1. The van der Waals surface area contributed by atoms with Gasteiger partial charge in [-0.2, -0.15) is 11.3 Å². The fourth-order valence-corrected chi connectivity index (χ4v) is 2.81. The third kappa shape index (κ3) is 3.36. The van der Waals surface area contributed by atoms with Gasteiger partial charge in [0.1, 0.15) is 5.75 Å². The van der Waals surface area contributed by atoms with Gasteiger partial charge in [0.25, 0.3) is 5.91 Å². The van der Waals surface area contributed by atoms with Gasteiger partial charge in [-0.05, 0) is 56.5 Å². The summed E-state index contributed by atoms with van der Waals surface area (Å²) >= 11 is 5.04. The minimum absolute atomic E-state index is 0.0306. The van der Waals surface area contributed by atoms with Crippen molar-refractivity contribution in [1.82, 2.24) is 4.90 Å². The van der Waals surface area contributed by atoms with Crippen LogP contribution in [0.5, 0.6) is 5.75 Å². The second kappa shape index (κ2) is 6.21. The van der Waals surface area contributed by atoms with Crippen molar-refractivity contribution >= 4 is 33.2 Å². The molecule has 3 nitrogen and oxygen atoms in total. The van der Waals surface area contributed by atoms with E-state index in [-0.39, 0.29) is 5.91 Å². The fraction of sp³-hybridized carbons (Fsp3) is 0.214. The molecule has 2 rings (SSSR count). The monoisotopic (exact) mass is 339 g/mol. The number of rotatable bonds is 4. The lowest BCUT2D eigenvalue weighted by Gasteiger charge is -2.17. The van der Waals surface area contributed by atoms with Crippen molar-refractivity contribution in [3.63, 3.8) is 0 Å². The summed E-state index contributed by atoms with van der Waals surface area (Å²) in [5.74, 6) is 0.646. The van der Waals surface area contributed by atoms with E-state index in [4.69, 9.17) is 4.74 Å². The highest BCUT2D eigenvalue weighted by molar-refractivity contribution is 9.10. The first-order valence-electron chi connectivity index (χ1n) is 5.72. The number of hydrogen-bond donors (Lipinski definition) is 0. The summed E-state index contributed by atoms with van der Waals surface area (Å²) in [6, 6.07) is 7.41. The van der Waals surface area contributed by atoms with Gasteiger partial charge in [0, 0.05) is 18.1 Å². The summed E-state index contributed by atoms with van der Waals surface area (Å²) < 4.78 is 5.93. The fourth-order valence-electron chi connectivity index (χ4n) is 1.73. The Kier molecular flexibility index (Phi) is 4.61. The van der Waals surface area contributed by atoms with Gasteiger partial charge in [0.2, 0.25) is 0 Å². The van der Waals surface area contributed by atoms with Gasteiger partial charge in [-0.25, -0.2) is 0 Å². The van der Waals surface area contributed by atoms with Crippen LogP contribution in [-0.4, -0.2) is 25.0 Å². The molecule has 100 valence electrons. The topological polar surface area (TPSA) is 29.5 Å². The molecule has 0 aliphatic heterocycles. The van der Waals surface area contributed by atoms with Crippen molar-refractivity contribution in [3.05, 3.63) is 50.6 Å². The van der Waals surface area contributed by atoms with Crippen LogP contribution in [0, 0.1) is 0 Å². The average molecular weight is 340 g/mol. The Hall–Kier alpha value is -1.33. The number of ether oxygens (including phenoxy) is 1. The molecule has 0 unspecified atom stereocenters. The Balaban J connectivity index is 2.18. The number of thiophene rings is 1. The molecule has 0 spiro atoms. The highest BCUT2D eigenvalue weighted by Crippen LogP contribution is 2.24. The largest absolute Gasteiger partial charge is 0.497 e. The molecule has 0 aliphatic rings. The molecule has 0 bridgehead atoms. The van der Waals surface area contributed by atoms with E-state index in [0.29, 0.717) is 17.9 Å². The van der Waals surface area contributed by atoms with Gasteiger partial charge in [-0.15, -0.1) is 0 Å². The standard InChI is InChI=1S/C14H14BrNO2S/c1-16(8-10-5-6-19-9-10)14(17)12-7-11(18-2)3-4-13(12)15/h3-7,9H,8H2,1-2H3. The van der Waals surface area contributed by atoms with Crippen molar-refractivity contribution in [2.45, 2.75) is 6.54 Å². The Labute approximate surface area is 124 Å². The summed E-state index contributed by atoms with van der Waals surface area (Å²) in [5, 5.41) is 4.06. The summed E-state index contributed by atoms with van der Waals surface area (Å²) in [5.41, 5.74) is 1.75. The van der Waals surface area contributed by atoms with E-state index in [9.17, 15) is 4.79 Å². The Bertz CT molecular complexity index is 569. The predicted octanol–water partition coefficient (Wildman–Crippen LogP) is 3.79. The normalized spacial score (nSPS) is 10.3. The predicted molar refractivity (Wildman–Crippen MR) is 80.8 cm³/mol. The first kappa shape index (κ1) is 14.1. The maximum absolute atomic E-state index is 12.4. The van der Waals surface area contributed by atoms with Gasteiger partial charge < -0.3 is 9.64 Å². The van der Waals surface area contributed by atoms with Gasteiger partial charge >= 0.3 is 0 Å². The first-order chi connectivity index (χ1) is 9.11. The van der Waals surface area contributed by atoms with Crippen LogP contribution in [0.3, 0.4) is 0 Å². The van der Waals surface area contributed by atoms with Crippen LogP contribution in [0.4, 0.5) is 0 Å². The molecule has 1 heterocycles.